The third-order valence-electron chi connectivity index (χ3n) is 3.30. The van der Waals surface area contributed by atoms with Crippen molar-refractivity contribution in [2.75, 3.05) is 19.0 Å². The second-order valence-electron chi connectivity index (χ2n) is 5.16. The van der Waals surface area contributed by atoms with Crippen molar-refractivity contribution in [3.8, 4) is 11.5 Å². The molecule has 0 radical (unpaired) electrons. The van der Waals surface area contributed by atoms with Crippen molar-refractivity contribution in [2.24, 2.45) is 5.73 Å². The van der Waals surface area contributed by atoms with Crippen LogP contribution in [0.4, 0.5) is 5.69 Å². The van der Waals surface area contributed by atoms with E-state index in [4.69, 9.17) is 38.4 Å². The smallest absolute Gasteiger partial charge is 0.255 e. The van der Waals surface area contributed by atoms with Crippen LogP contribution < -0.4 is 20.5 Å². The van der Waals surface area contributed by atoms with Crippen LogP contribution in [-0.2, 0) is 4.79 Å². The maximum Gasteiger partial charge on any atom is 0.255 e. The van der Waals surface area contributed by atoms with Gasteiger partial charge in [0.15, 0.2) is 18.1 Å². The number of nitrogens with one attached hydrogen (secondary N) is 1. The van der Waals surface area contributed by atoms with Crippen LogP contribution >= 0.6 is 23.2 Å². The van der Waals surface area contributed by atoms with Crippen molar-refractivity contribution in [1.82, 2.24) is 0 Å². The highest BCUT2D eigenvalue weighted by atomic mass is 35.5. The van der Waals surface area contributed by atoms with E-state index in [1.807, 2.05) is 6.92 Å². The lowest BCUT2D eigenvalue weighted by Crippen LogP contribution is -2.20. The second kappa shape index (κ2) is 8.09. The summed E-state index contributed by atoms with van der Waals surface area (Å²) in [5, 5.41) is 3.39. The summed E-state index contributed by atoms with van der Waals surface area (Å²) in [6.45, 7) is 1.49. The lowest BCUT2D eigenvalue weighted by molar-refractivity contribution is -0.119. The Kier molecular flexibility index (Phi) is 6.12. The first-order valence-electron chi connectivity index (χ1n) is 7.18. The minimum atomic E-state index is -0.656. The quantitative estimate of drug-likeness (QED) is 0.800. The largest absolute Gasteiger partial charge is 0.493 e. The zero-order valence-electron chi connectivity index (χ0n) is 13.6. The van der Waals surface area contributed by atoms with Crippen LogP contribution in [0.25, 0.3) is 0 Å². The molecular weight excluding hydrogens is 367 g/mol. The van der Waals surface area contributed by atoms with Crippen LogP contribution in [0.15, 0.2) is 30.3 Å². The molecule has 3 N–H and O–H groups in total. The van der Waals surface area contributed by atoms with Gasteiger partial charge in [-0.25, -0.2) is 0 Å². The molecule has 8 heteroatoms. The van der Waals surface area contributed by atoms with Gasteiger partial charge in [0.1, 0.15) is 0 Å². The van der Waals surface area contributed by atoms with Gasteiger partial charge in [-0.15, -0.1) is 0 Å². The molecule has 2 rings (SSSR count). The van der Waals surface area contributed by atoms with E-state index >= 15 is 0 Å². The van der Waals surface area contributed by atoms with Crippen LogP contribution in [0.2, 0.25) is 10.0 Å². The van der Waals surface area contributed by atoms with Gasteiger partial charge in [0.25, 0.3) is 11.8 Å². The van der Waals surface area contributed by atoms with Crippen LogP contribution in [0.1, 0.15) is 15.9 Å². The minimum Gasteiger partial charge on any atom is -0.493 e. The fraction of sp³-hybridized carbons (Fsp3) is 0.176. The van der Waals surface area contributed by atoms with Gasteiger partial charge in [0.05, 0.1) is 12.1 Å². The Morgan fingerprint density at radius 3 is 2.56 bits per heavy atom. The number of rotatable bonds is 6. The molecule has 0 aliphatic heterocycles. The first-order valence-corrected chi connectivity index (χ1v) is 7.93. The molecule has 0 aliphatic rings. The van der Waals surface area contributed by atoms with Crippen molar-refractivity contribution >= 4 is 40.7 Å². The van der Waals surface area contributed by atoms with Crippen LogP contribution in [-0.4, -0.2) is 25.5 Å². The Morgan fingerprint density at radius 1 is 1.20 bits per heavy atom. The standard InChI is InChI=1S/C17H16Cl2N2O4/c1-9-3-4-11(18)7-13(9)21-17(23)10-5-12(19)16(14(6-10)24-2)25-8-15(20)22/h3-7H,8H2,1-2H3,(H2,20,22)(H,21,23). The lowest BCUT2D eigenvalue weighted by atomic mass is 10.1. The number of hydrogen-bond acceptors (Lipinski definition) is 4. The molecule has 0 unspecified atom stereocenters. The molecule has 0 spiro atoms. The normalized spacial score (nSPS) is 10.2. The Morgan fingerprint density at radius 2 is 1.92 bits per heavy atom. The second-order valence-corrected chi connectivity index (χ2v) is 6.00. The van der Waals surface area contributed by atoms with Crippen LogP contribution in [0.5, 0.6) is 11.5 Å². The number of carbonyl (C=O) groups excluding carboxylic acids is 2. The summed E-state index contributed by atoms with van der Waals surface area (Å²) in [6, 6.07) is 8.05. The Labute approximate surface area is 154 Å². The van der Waals surface area contributed by atoms with Gasteiger partial charge in [-0.3, -0.25) is 9.59 Å². The summed E-state index contributed by atoms with van der Waals surface area (Å²) in [5.74, 6) is -0.705. The lowest BCUT2D eigenvalue weighted by Gasteiger charge is -2.14. The number of amides is 2. The molecule has 0 heterocycles. The van der Waals surface area contributed by atoms with E-state index in [-0.39, 0.29) is 28.7 Å². The number of benzene rings is 2. The highest BCUT2D eigenvalue weighted by Gasteiger charge is 2.17. The number of ether oxygens (including phenoxy) is 2. The van der Waals surface area contributed by atoms with Gasteiger partial charge in [0.2, 0.25) is 0 Å². The first-order chi connectivity index (χ1) is 11.8. The molecule has 0 bridgehead atoms. The van der Waals surface area contributed by atoms with Gasteiger partial charge in [0, 0.05) is 16.3 Å². The molecule has 0 aliphatic carbocycles. The number of nitrogens with two attached hydrogens (primary N) is 1. The monoisotopic (exact) mass is 382 g/mol. The number of primary amides is 1. The van der Waals surface area contributed by atoms with Gasteiger partial charge in [-0.2, -0.15) is 0 Å². The average Bonchev–Trinajstić information content (AvgIpc) is 2.56. The molecule has 0 aromatic heterocycles. The van der Waals surface area contributed by atoms with Gasteiger partial charge in [-0.1, -0.05) is 29.3 Å². The van der Waals surface area contributed by atoms with Crippen LogP contribution in [0, 0.1) is 6.92 Å². The number of carbonyl (C=O) groups is 2. The van der Waals surface area contributed by atoms with E-state index in [1.165, 1.54) is 19.2 Å². The fourth-order valence-corrected chi connectivity index (χ4v) is 2.50. The number of anilines is 1. The van der Waals surface area contributed by atoms with E-state index in [9.17, 15) is 9.59 Å². The molecule has 6 nitrogen and oxygen atoms in total. The molecule has 132 valence electrons. The summed E-state index contributed by atoms with van der Waals surface area (Å²) in [5.41, 5.74) is 6.75. The number of hydrogen-bond donors (Lipinski definition) is 2. The maximum absolute atomic E-state index is 12.5. The Hall–Kier alpha value is -2.44. The van der Waals surface area contributed by atoms with Crippen LogP contribution in [0.3, 0.4) is 0 Å². The molecule has 0 fully saturated rings. The van der Waals surface area contributed by atoms with E-state index < -0.39 is 11.8 Å². The molecule has 2 aromatic carbocycles. The van der Waals surface area contributed by atoms with Gasteiger partial charge in [-0.05, 0) is 36.8 Å². The summed E-state index contributed by atoms with van der Waals surface area (Å²) < 4.78 is 10.4. The topological polar surface area (TPSA) is 90.7 Å². The van der Waals surface area contributed by atoms with E-state index in [1.54, 1.807) is 18.2 Å². The molecule has 0 atom stereocenters. The molecule has 0 saturated carbocycles. The molecule has 2 amide bonds. The molecular formula is C17H16Cl2N2O4. The van der Waals surface area contributed by atoms with E-state index in [0.717, 1.165) is 5.56 Å². The molecule has 2 aromatic rings. The summed E-state index contributed by atoms with van der Waals surface area (Å²) in [7, 11) is 1.39. The average molecular weight is 383 g/mol. The fourth-order valence-electron chi connectivity index (χ4n) is 2.06. The molecule has 0 saturated heterocycles. The van der Waals surface area contributed by atoms with Gasteiger partial charge < -0.3 is 20.5 Å². The highest BCUT2D eigenvalue weighted by molar-refractivity contribution is 6.33. The van der Waals surface area contributed by atoms with Crippen molar-refractivity contribution in [3.63, 3.8) is 0 Å². The van der Waals surface area contributed by atoms with Crippen molar-refractivity contribution in [3.05, 3.63) is 51.5 Å². The maximum atomic E-state index is 12.5. The zero-order chi connectivity index (χ0) is 18.6. The first kappa shape index (κ1) is 18.9. The third kappa shape index (κ3) is 4.78. The number of halogens is 2. The highest BCUT2D eigenvalue weighted by Crippen LogP contribution is 2.36. The van der Waals surface area contributed by atoms with Crippen molar-refractivity contribution in [2.45, 2.75) is 6.92 Å². The van der Waals surface area contributed by atoms with E-state index in [0.29, 0.717) is 10.7 Å². The summed E-state index contributed by atoms with van der Waals surface area (Å²) in [4.78, 5) is 23.4. The van der Waals surface area contributed by atoms with E-state index in [2.05, 4.69) is 5.32 Å². The van der Waals surface area contributed by atoms with Crippen molar-refractivity contribution in [1.29, 1.82) is 0 Å². The van der Waals surface area contributed by atoms with Crippen molar-refractivity contribution < 1.29 is 19.1 Å². The predicted octanol–water partition coefficient (Wildman–Crippen LogP) is 3.43. The Bertz CT molecular complexity index is 825. The minimum absolute atomic E-state index is 0.119. The SMILES string of the molecule is COc1cc(C(=O)Nc2cc(Cl)ccc2C)cc(Cl)c1OCC(N)=O. The number of methoxy groups -OCH3 is 1. The molecule has 25 heavy (non-hydrogen) atoms. The Balaban J connectivity index is 2.29. The predicted molar refractivity (Wildman–Crippen MR) is 96.8 cm³/mol. The van der Waals surface area contributed by atoms with Gasteiger partial charge >= 0.3 is 0 Å². The number of aryl methyl sites for hydroxylation is 1. The summed E-state index contributed by atoms with van der Waals surface area (Å²) >= 11 is 12.1. The summed E-state index contributed by atoms with van der Waals surface area (Å²) in [6.07, 6.45) is 0. The zero-order valence-corrected chi connectivity index (χ0v) is 15.1. The third-order valence-corrected chi connectivity index (χ3v) is 3.81.